The highest BCUT2D eigenvalue weighted by Gasteiger charge is 2.36. The van der Waals surface area contributed by atoms with Gasteiger partial charge in [0.2, 0.25) is 11.7 Å². The molecule has 2 aromatic rings. The second kappa shape index (κ2) is 7.68. The number of nitrogens with zero attached hydrogens (tertiary/aromatic N) is 3. The van der Waals surface area contributed by atoms with Gasteiger partial charge in [0.05, 0.1) is 0 Å². The maximum Gasteiger partial charge on any atom is 0.253 e. The summed E-state index contributed by atoms with van der Waals surface area (Å²) in [5, 5.41) is 7.49. The maximum absolute atomic E-state index is 12.8. The predicted molar refractivity (Wildman–Crippen MR) is 99.5 cm³/mol. The van der Waals surface area contributed by atoms with Crippen molar-refractivity contribution in [3.05, 3.63) is 41.5 Å². The first-order valence-corrected chi connectivity index (χ1v) is 9.70. The minimum Gasteiger partial charge on any atom is -0.485 e. The molecule has 1 aromatic heterocycles. The van der Waals surface area contributed by atoms with Gasteiger partial charge < -0.3 is 19.5 Å². The van der Waals surface area contributed by atoms with E-state index in [1.54, 1.807) is 0 Å². The molecule has 7 heteroatoms. The molecule has 2 unspecified atom stereocenters. The lowest BCUT2D eigenvalue weighted by Crippen LogP contribution is -2.48. The number of benzene rings is 1. The number of rotatable bonds is 6. The number of carbonyl (C=O) groups excluding carboxylic acids is 1. The number of fused-ring (bicyclic) bond motifs is 2. The van der Waals surface area contributed by atoms with Crippen molar-refractivity contribution in [1.29, 1.82) is 0 Å². The third-order valence-electron chi connectivity index (χ3n) is 5.60. The van der Waals surface area contributed by atoms with Crippen LogP contribution in [-0.2, 0) is 13.0 Å². The van der Waals surface area contributed by atoms with Gasteiger partial charge in [-0.15, -0.1) is 0 Å². The zero-order valence-corrected chi connectivity index (χ0v) is 15.9. The number of aromatic nitrogens is 2. The van der Waals surface area contributed by atoms with Crippen molar-refractivity contribution < 1.29 is 14.1 Å². The number of hydrogen-bond donors (Lipinski definition) is 1. The maximum atomic E-state index is 12.8. The van der Waals surface area contributed by atoms with Crippen molar-refractivity contribution in [2.24, 2.45) is 0 Å². The Morgan fingerprint density at radius 3 is 2.59 bits per heavy atom. The van der Waals surface area contributed by atoms with Gasteiger partial charge in [-0.05, 0) is 49.9 Å². The van der Waals surface area contributed by atoms with Crippen LogP contribution in [0.1, 0.15) is 54.7 Å². The average molecular weight is 370 g/mol. The van der Waals surface area contributed by atoms with Gasteiger partial charge >= 0.3 is 0 Å². The molecule has 1 aromatic carbocycles. The molecule has 0 aliphatic carbocycles. The summed E-state index contributed by atoms with van der Waals surface area (Å²) in [4.78, 5) is 19.0. The number of piperidine rings is 1. The van der Waals surface area contributed by atoms with Gasteiger partial charge in [0, 0.05) is 37.2 Å². The van der Waals surface area contributed by atoms with Gasteiger partial charge in [0.15, 0.2) is 6.61 Å². The highest BCUT2D eigenvalue weighted by Crippen LogP contribution is 2.30. The second-order valence-corrected chi connectivity index (χ2v) is 7.45. The zero-order valence-electron chi connectivity index (χ0n) is 15.9. The highest BCUT2D eigenvalue weighted by molar-refractivity contribution is 5.94. The number of amides is 1. The Bertz CT molecular complexity index is 777. The van der Waals surface area contributed by atoms with E-state index < -0.39 is 0 Å². The van der Waals surface area contributed by atoms with Gasteiger partial charge in [-0.3, -0.25) is 4.79 Å². The Kier molecular flexibility index (Phi) is 5.11. The Labute approximate surface area is 159 Å². The smallest absolute Gasteiger partial charge is 0.253 e. The first-order valence-electron chi connectivity index (χ1n) is 9.70. The van der Waals surface area contributed by atoms with Crippen LogP contribution < -0.4 is 10.1 Å². The first kappa shape index (κ1) is 18.0. The fourth-order valence-corrected chi connectivity index (χ4v) is 4.05. The molecule has 1 N–H and O–H groups in total. The molecule has 0 saturated carbocycles. The van der Waals surface area contributed by atoms with E-state index in [0.29, 0.717) is 47.6 Å². The molecule has 2 aliphatic rings. The van der Waals surface area contributed by atoms with Crippen LogP contribution in [0.15, 0.2) is 28.8 Å². The van der Waals surface area contributed by atoms with Crippen LogP contribution in [0.25, 0.3) is 0 Å². The van der Waals surface area contributed by atoms with Crippen LogP contribution in [0.3, 0.4) is 0 Å². The van der Waals surface area contributed by atoms with Crippen molar-refractivity contribution in [2.75, 3.05) is 7.05 Å². The average Bonchev–Trinajstić information content (AvgIpc) is 3.31. The molecule has 2 saturated heterocycles. The molecule has 3 heterocycles. The van der Waals surface area contributed by atoms with Crippen LogP contribution in [-0.4, -0.2) is 46.1 Å². The molecule has 2 aliphatic heterocycles. The fraction of sp³-hybridized carbons (Fsp3) is 0.550. The third kappa shape index (κ3) is 3.98. The monoisotopic (exact) mass is 370 g/mol. The van der Waals surface area contributed by atoms with E-state index in [2.05, 4.69) is 15.5 Å². The van der Waals surface area contributed by atoms with Crippen molar-refractivity contribution in [3.63, 3.8) is 0 Å². The van der Waals surface area contributed by atoms with Crippen LogP contribution in [0, 0.1) is 0 Å². The lowest BCUT2D eigenvalue weighted by atomic mass is 9.98. The first-order chi connectivity index (χ1) is 13.1. The summed E-state index contributed by atoms with van der Waals surface area (Å²) in [6.07, 6.45) is 5.26. The summed E-state index contributed by atoms with van der Waals surface area (Å²) in [6, 6.07) is 8.71. The molecular weight excluding hydrogens is 344 g/mol. The highest BCUT2D eigenvalue weighted by atomic mass is 16.5. The second-order valence-electron chi connectivity index (χ2n) is 7.45. The summed E-state index contributed by atoms with van der Waals surface area (Å²) in [7, 11) is 1.92. The summed E-state index contributed by atoms with van der Waals surface area (Å²) < 4.78 is 10.7. The van der Waals surface area contributed by atoms with Crippen molar-refractivity contribution in [1.82, 2.24) is 20.4 Å². The van der Waals surface area contributed by atoms with Crippen molar-refractivity contribution in [2.45, 2.75) is 63.8 Å². The third-order valence-corrected chi connectivity index (χ3v) is 5.60. The Morgan fingerprint density at radius 1 is 1.26 bits per heavy atom. The number of ether oxygens (including phenoxy) is 1. The van der Waals surface area contributed by atoms with Crippen LogP contribution in [0.2, 0.25) is 0 Å². The van der Waals surface area contributed by atoms with E-state index in [9.17, 15) is 4.79 Å². The molecular formula is C20H26N4O3. The summed E-state index contributed by atoms with van der Waals surface area (Å²) in [6.45, 7) is 2.20. The van der Waals surface area contributed by atoms with E-state index >= 15 is 0 Å². The topological polar surface area (TPSA) is 80.5 Å². The van der Waals surface area contributed by atoms with Gasteiger partial charge in [-0.2, -0.15) is 4.98 Å². The lowest BCUT2D eigenvalue weighted by molar-refractivity contribution is 0.0681. The van der Waals surface area contributed by atoms with Crippen LogP contribution in [0.4, 0.5) is 0 Å². The van der Waals surface area contributed by atoms with Crippen LogP contribution >= 0.6 is 0 Å². The molecule has 2 atom stereocenters. The quantitative estimate of drug-likeness (QED) is 0.842. The van der Waals surface area contributed by atoms with Gasteiger partial charge in [0.25, 0.3) is 5.91 Å². The minimum atomic E-state index is 0.0682. The van der Waals surface area contributed by atoms with E-state index in [1.165, 1.54) is 12.8 Å². The lowest BCUT2D eigenvalue weighted by Gasteiger charge is -2.35. The summed E-state index contributed by atoms with van der Waals surface area (Å²) in [5.74, 6) is 1.87. The van der Waals surface area contributed by atoms with Crippen LogP contribution in [0.5, 0.6) is 5.75 Å². The molecule has 27 heavy (non-hydrogen) atoms. The molecule has 144 valence electrons. The molecule has 7 nitrogen and oxygen atoms in total. The summed E-state index contributed by atoms with van der Waals surface area (Å²) >= 11 is 0. The predicted octanol–water partition coefficient (Wildman–Crippen LogP) is 2.57. The number of nitrogens with one attached hydrogen (secondary N) is 1. The van der Waals surface area contributed by atoms with Gasteiger partial charge in [-0.1, -0.05) is 12.1 Å². The van der Waals surface area contributed by atoms with Crippen molar-refractivity contribution >= 4 is 5.91 Å². The van der Waals surface area contributed by atoms with Gasteiger partial charge in [0.1, 0.15) is 5.75 Å². The number of hydrogen-bond acceptors (Lipinski definition) is 6. The number of aryl methyl sites for hydroxylation is 1. The Balaban J connectivity index is 1.34. The molecule has 2 bridgehead atoms. The zero-order chi connectivity index (χ0) is 18.8. The standard InChI is InChI=1S/C20H26N4O3/c1-3-19-22-18(23-27-19)12-26-17-8-4-13(5-9-17)20(25)24(2)16-10-14-6-7-15(11-16)21-14/h4-5,8-9,14-16,21H,3,6-7,10-12H2,1-2H3. The molecule has 1 amide bonds. The normalized spacial score (nSPS) is 24.0. The summed E-state index contributed by atoms with van der Waals surface area (Å²) in [5.41, 5.74) is 0.684. The van der Waals surface area contributed by atoms with E-state index in [-0.39, 0.29) is 12.5 Å². The van der Waals surface area contributed by atoms with E-state index in [4.69, 9.17) is 9.26 Å². The molecule has 4 rings (SSSR count). The minimum absolute atomic E-state index is 0.0682. The number of carbonyl (C=O) groups is 1. The van der Waals surface area contributed by atoms with E-state index in [1.807, 2.05) is 43.1 Å². The fourth-order valence-electron chi connectivity index (χ4n) is 4.05. The van der Waals surface area contributed by atoms with Gasteiger partial charge in [-0.25, -0.2) is 0 Å². The molecule has 0 radical (unpaired) electrons. The molecule has 2 fully saturated rings. The van der Waals surface area contributed by atoms with E-state index in [0.717, 1.165) is 12.8 Å². The Hall–Kier alpha value is -2.41. The Morgan fingerprint density at radius 2 is 1.96 bits per heavy atom. The van der Waals surface area contributed by atoms with Crippen molar-refractivity contribution in [3.8, 4) is 5.75 Å². The molecule has 0 spiro atoms. The SMILES string of the molecule is CCc1nc(COc2ccc(C(=O)N(C)C3CC4CCC(C3)N4)cc2)no1. The largest absolute Gasteiger partial charge is 0.485 e.